The standard InChI is InChI=1S/C19H14Cl3N3O3/c1-11-6-7-23-25(11)14-4-2-12(3-5-14)19(27)28-10-17(26)24-18-15(21)8-13(20)9-16(18)22/h2-9H,10H2,1H3,(H,24,26). The molecule has 0 saturated heterocycles. The Kier molecular flexibility index (Phi) is 6.24. The number of aryl methyl sites for hydroxylation is 1. The van der Waals surface area contributed by atoms with E-state index in [1.165, 1.54) is 12.1 Å². The molecule has 1 heterocycles. The Bertz CT molecular complexity index is 1010. The van der Waals surface area contributed by atoms with Gasteiger partial charge in [0.05, 0.1) is 27.0 Å². The Balaban J connectivity index is 1.59. The number of anilines is 1. The van der Waals surface area contributed by atoms with Crippen molar-refractivity contribution >= 4 is 52.4 Å². The largest absolute Gasteiger partial charge is 0.452 e. The summed E-state index contributed by atoms with van der Waals surface area (Å²) in [7, 11) is 0. The SMILES string of the molecule is Cc1ccnn1-c1ccc(C(=O)OCC(=O)Nc2c(Cl)cc(Cl)cc2Cl)cc1. The number of amides is 1. The summed E-state index contributed by atoms with van der Waals surface area (Å²) in [4.78, 5) is 24.2. The highest BCUT2D eigenvalue weighted by Gasteiger charge is 2.14. The molecule has 6 nitrogen and oxygen atoms in total. The third kappa shape index (κ3) is 4.65. The number of nitrogens with zero attached hydrogens (tertiary/aromatic N) is 2. The van der Waals surface area contributed by atoms with E-state index in [2.05, 4.69) is 10.4 Å². The van der Waals surface area contributed by atoms with Crippen LogP contribution in [0, 0.1) is 6.92 Å². The highest BCUT2D eigenvalue weighted by Crippen LogP contribution is 2.33. The third-order valence-corrected chi connectivity index (χ3v) is 4.60. The summed E-state index contributed by atoms with van der Waals surface area (Å²) < 4.78 is 6.77. The molecule has 1 aromatic heterocycles. The van der Waals surface area contributed by atoms with Crippen LogP contribution in [-0.4, -0.2) is 28.3 Å². The molecule has 1 N–H and O–H groups in total. The average Bonchev–Trinajstić information content (AvgIpc) is 3.08. The van der Waals surface area contributed by atoms with Crippen molar-refractivity contribution < 1.29 is 14.3 Å². The maximum Gasteiger partial charge on any atom is 0.338 e. The topological polar surface area (TPSA) is 73.2 Å². The van der Waals surface area contributed by atoms with E-state index in [9.17, 15) is 9.59 Å². The molecular weight excluding hydrogens is 425 g/mol. The van der Waals surface area contributed by atoms with E-state index in [4.69, 9.17) is 39.5 Å². The second-order valence-corrected chi connectivity index (χ2v) is 7.05. The minimum absolute atomic E-state index is 0.182. The number of rotatable bonds is 5. The number of carbonyl (C=O) groups is 2. The summed E-state index contributed by atoms with van der Waals surface area (Å²) in [5.74, 6) is -1.21. The van der Waals surface area contributed by atoms with Gasteiger partial charge in [0.25, 0.3) is 5.91 Å². The number of hydrogen-bond donors (Lipinski definition) is 1. The van der Waals surface area contributed by atoms with E-state index in [0.29, 0.717) is 10.6 Å². The molecule has 1 amide bonds. The molecule has 3 aromatic rings. The van der Waals surface area contributed by atoms with Gasteiger partial charge in [-0.2, -0.15) is 5.10 Å². The molecule has 0 saturated carbocycles. The number of hydrogen-bond acceptors (Lipinski definition) is 4. The lowest BCUT2D eigenvalue weighted by Crippen LogP contribution is -2.21. The molecule has 0 atom stereocenters. The monoisotopic (exact) mass is 437 g/mol. The van der Waals surface area contributed by atoms with Gasteiger partial charge in [0.15, 0.2) is 6.61 Å². The van der Waals surface area contributed by atoms with Crippen molar-refractivity contribution in [3.05, 3.63) is 75.0 Å². The molecule has 0 spiro atoms. The van der Waals surface area contributed by atoms with Crippen LogP contribution in [0.2, 0.25) is 15.1 Å². The summed E-state index contributed by atoms with van der Waals surface area (Å²) >= 11 is 17.8. The zero-order valence-electron chi connectivity index (χ0n) is 14.6. The normalized spacial score (nSPS) is 10.6. The maximum absolute atomic E-state index is 12.2. The fourth-order valence-corrected chi connectivity index (χ4v) is 3.34. The molecule has 2 aromatic carbocycles. The van der Waals surface area contributed by atoms with Crippen molar-refractivity contribution in [3.63, 3.8) is 0 Å². The van der Waals surface area contributed by atoms with Crippen LogP contribution < -0.4 is 5.32 Å². The molecule has 0 radical (unpaired) electrons. The first-order chi connectivity index (χ1) is 13.3. The van der Waals surface area contributed by atoms with Gasteiger partial charge in [-0.15, -0.1) is 0 Å². The Labute approximate surface area is 176 Å². The van der Waals surface area contributed by atoms with Crippen molar-refractivity contribution in [1.82, 2.24) is 9.78 Å². The maximum atomic E-state index is 12.2. The average molecular weight is 439 g/mol. The van der Waals surface area contributed by atoms with Crippen LogP contribution >= 0.6 is 34.8 Å². The van der Waals surface area contributed by atoms with E-state index >= 15 is 0 Å². The Hall–Kier alpha value is -2.54. The fraction of sp³-hybridized carbons (Fsp3) is 0.105. The predicted octanol–water partition coefficient (Wildman–Crippen LogP) is 4.94. The molecule has 144 valence electrons. The van der Waals surface area contributed by atoms with Crippen LogP contribution in [0.1, 0.15) is 16.1 Å². The van der Waals surface area contributed by atoms with Gasteiger partial charge in [-0.05, 0) is 49.4 Å². The molecule has 0 unspecified atom stereocenters. The van der Waals surface area contributed by atoms with Gasteiger partial charge in [-0.25, -0.2) is 9.48 Å². The van der Waals surface area contributed by atoms with Crippen LogP contribution in [0.15, 0.2) is 48.7 Å². The lowest BCUT2D eigenvalue weighted by molar-refractivity contribution is -0.119. The van der Waals surface area contributed by atoms with Gasteiger partial charge >= 0.3 is 5.97 Å². The summed E-state index contributed by atoms with van der Waals surface area (Å²) in [6, 6.07) is 11.4. The van der Waals surface area contributed by atoms with Crippen molar-refractivity contribution in [2.75, 3.05) is 11.9 Å². The summed E-state index contributed by atoms with van der Waals surface area (Å²) in [6.07, 6.45) is 1.69. The van der Waals surface area contributed by atoms with Gasteiger partial charge < -0.3 is 10.1 Å². The third-order valence-electron chi connectivity index (χ3n) is 3.79. The van der Waals surface area contributed by atoms with E-state index in [1.54, 1.807) is 35.1 Å². The second-order valence-electron chi connectivity index (χ2n) is 5.80. The highest BCUT2D eigenvalue weighted by molar-refractivity contribution is 6.42. The van der Waals surface area contributed by atoms with E-state index < -0.39 is 18.5 Å². The molecule has 0 aliphatic rings. The first kappa shape index (κ1) is 20.2. The number of ether oxygens (including phenoxy) is 1. The Morgan fingerprint density at radius 2 is 1.71 bits per heavy atom. The summed E-state index contributed by atoms with van der Waals surface area (Å²) in [5.41, 5.74) is 2.28. The molecule has 0 aliphatic heterocycles. The lowest BCUT2D eigenvalue weighted by atomic mass is 10.2. The number of aromatic nitrogens is 2. The van der Waals surface area contributed by atoms with Gasteiger partial charge in [0, 0.05) is 16.9 Å². The Morgan fingerprint density at radius 3 is 2.29 bits per heavy atom. The van der Waals surface area contributed by atoms with E-state index in [1.807, 2.05) is 13.0 Å². The first-order valence-corrected chi connectivity index (χ1v) is 9.21. The van der Waals surface area contributed by atoms with E-state index in [0.717, 1.165) is 11.4 Å². The zero-order chi connectivity index (χ0) is 20.3. The van der Waals surface area contributed by atoms with Crippen molar-refractivity contribution in [1.29, 1.82) is 0 Å². The summed E-state index contributed by atoms with van der Waals surface area (Å²) in [5, 5.41) is 7.40. The molecular formula is C19H14Cl3N3O3. The first-order valence-electron chi connectivity index (χ1n) is 8.08. The number of nitrogens with one attached hydrogen (secondary N) is 1. The highest BCUT2D eigenvalue weighted by atomic mass is 35.5. The van der Waals surface area contributed by atoms with Crippen LogP contribution in [0.4, 0.5) is 5.69 Å². The smallest absolute Gasteiger partial charge is 0.338 e. The van der Waals surface area contributed by atoms with Crippen molar-refractivity contribution in [3.8, 4) is 5.69 Å². The summed E-state index contributed by atoms with van der Waals surface area (Å²) in [6.45, 7) is 1.43. The quantitative estimate of drug-likeness (QED) is 0.573. The van der Waals surface area contributed by atoms with Crippen molar-refractivity contribution in [2.24, 2.45) is 0 Å². The van der Waals surface area contributed by atoms with Gasteiger partial charge in [-0.3, -0.25) is 4.79 Å². The number of carbonyl (C=O) groups excluding carboxylic acids is 2. The number of halogens is 3. The number of benzene rings is 2. The Morgan fingerprint density at radius 1 is 1.07 bits per heavy atom. The minimum atomic E-state index is -0.632. The van der Waals surface area contributed by atoms with Crippen LogP contribution in [0.25, 0.3) is 5.69 Å². The van der Waals surface area contributed by atoms with Gasteiger partial charge in [-0.1, -0.05) is 34.8 Å². The second kappa shape index (κ2) is 8.65. The van der Waals surface area contributed by atoms with Gasteiger partial charge in [0.2, 0.25) is 0 Å². The molecule has 28 heavy (non-hydrogen) atoms. The van der Waals surface area contributed by atoms with Crippen molar-refractivity contribution in [2.45, 2.75) is 6.92 Å². The molecule has 9 heteroatoms. The predicted molar refractivity (Wildman–Crippen MR) is 109 cm³/mol. The number of esters is 1. The molecule has 0 fully saturated rings. The van der Waals surface area contributed by atoms with Gasteiger partial charge in [0.1, 0.15) is 0 Å². The molecule has 0 bridgehead atoms. The molecule has 3 rings (SSSR count). The van der Waals surface area contributed by atoms with Crippen LogP contribution in [0.5, 0.6) is 0 Å². The van der Waals surface area contributed by atoms with Crippen LogP contribution in [-0.2, 0) is 9.53 Å². The lowest BCUT2D eigenvalue weighted by Gasteiger charge is -2.10. The zero-order valence-corrected chi connectivity index (χ0v) is 16.8. The minimum Gasteiger partial charge on any atom is -0.452 e. The fourth-order valence-electron chi connectivity index (χ4n) is 2.43. The molecule has 0 aliphatic carbocycles. The van der Waals surface area contributed by atoms with Crippen LogP contribution in [0.3, 0.4) is 0 Å². The van der Waals surface area contributed by atoms with E-state index in [-0.39, 0.29) is 15.7 Å².